The second-order valence-corrected chi connectivity index (χ2v) is 5.04. The standard InChI is InChI=1S/C15H18N4O2/c1-9(15(21)19(2)3)17-14(20)13-8-11(16)10-6-4-5-7-12(10)18-13/h4-9H,1-3H3,(H2,16,18)(H,17,20). The molecule has 2 amide bonds. The Balaban J connectivity index is 2.26. The van der Waals surface area contributed by atoms with Gasteiger partial charge in [-0.3, -0.25) is 9.59 Å². The third kappa shape index (κ3) is 3.10. The number of pyridine rings is 1. The minimum atomic E-state index is -0.623. The van der Waals surface area contributed by atoms with Crippen LogP contribution in [0, 0.1) is 0 Å². The molecule has 6 nitrogen and oxygen atoms in total. The Labute approximate surface area is 122 Å². The fraction of sp³-hybridized carbons (Fsp3) is 0.267. The average molecular weight is 286 g/mol. The lowest BCUT2D eigenvalue weighted by Gasteiger charge is -2.18. The number of rotatable bonds is 3. The third-order valence-electron chi connectivity index (χ3n) is 3.14. The van der Waals surface area contributed by atoms with Gasteiger partial charge in [-0.1, -0.05) is 18.2 Å². The molecule has 2 rings (SSSR count). The SMILES string of the molecule is CC(NC(=O)c1cc(N)c2ccccc2n1)C(=O)N(C)C. The largest absolute Gasteiger partial charge is 0.398 e. The Hall–Kier alpha value is -2.63. The van der Waals surface area contributed by atoms with Gasteiger partial charge in [0.2, 0.25) is 5.91 Å². The highest BCUT2D eigenvalue weighted by molar-refractivity contribution is 6.00. The Morgan fingerprint density at radius 1 is 1.29 bits per heavy atom. The molecule has 2 aromatic rings. The van der Waals surface area contributed by atoms with Gasteiger partial charge < -0.3 is 16.0 Å². The number of hydrogen-bond acceptors (Lipinski definition) is 4. The summed E-state index contributed by atoms with van der Waals surface area (Å²) < 4.78 is 0. The van der Waals surface area contributed by atoms with Gasteiger partial charge in [-0.25, -0.2) is 4.98 Å². The van der Waals surface area contributed by atoms with Crippen LogP contribution in [0.25, 0.3) is 10.9 Å². The molecule has 0 saturated heterocycles. The van der Waals surface area contributed by atoms with Gasteiger partial charge in [0, 0.05) is 25.2 Å². The molecule has 21 heavy (non-hydrogen) atoms. The normalized spacial score (nSPS) is 12.0. The van der Waals surface area contributed by atoms with Crippen LogP contribution in [0.3, 0.4) is 0 Å². The third-order valence-corrected chi connectivity index (χ3v) is 3.14. The van der Waals surface area contributed by atoms with E-state index in [0.29, 0.717) is 11.2 Å². The lowest BCUT2D eigenvalue weighted by Crippen LogP contribution is -2.44. The maximum Gasteiger partial charge on any atom is 0.270 e. The van der Waals surface area contributed by atoms with Gasteiger partial charge in [-0.2, -0.15) is 0 Å². The molecule has 0 spiro atoms. The van der Waals surface area contributed by atoms with Gasteiger partial charge in [-0.15, -0.1) is 0 Å². The van der Waals surface area contributed by atoms with Crippen LogP contribution >= 0.6 is 0 Å². The molecule has 1 atom stereocenters. The molecular weight excluding hydrogens is 268 g/mol. The smallest absolute Gasteiger partial charge is 0.270 e. The first-order chi connectivity index (χ1) is 9.90. The maximum absolute atomic E-state index is 12.2. The van der Waals surface area contributed by atoms with Gasteiger partial charge in [0.1, 0.15) is 11.7 Å². The summed E-state index contributed by atoms with van der Waals surface area (Å²) in [5, 5.41) is 3.42. The van der Waals surface area contributed by atoms with Gasteiger partial charge in [0.25, 0.3) is 5.91 Å². The van der Waals surface area contributed by atoms with Crippen molar-refractivity contribution in [2.75, 3.05) is 19.8 Å². The van der Waals surface area contributed by atoms with E-state index in [1.165, 1.54) is 11.0 Å². The number of nitrogens with two attached hydrogens (primary N) is 1. The summed E-state index contributed by atoms with van der Waals surface area (Å²) in [6, 6.07) is 8.22. The van der Waals surface area contributed by atoms with E-state index in [0.717, 1.165) is 5.39 Å². The number of nitrogens with zero attached hydrogens (tertiary/aromatic N) is 2. The number of amides is 2. The molecule has 0 radical (unpaired) electrons. The summed E-state index contributed by atoms with van der Waals surface area (Å²) in [7, 11) is 3.27. The molecule has 0 bridgehead atoms. The van der Waals surface area contributed by atoms with Gasteiger partial charge in [0.15, 0.2) is 0 Å². The van der Waals surface area contributed by atoms with E-state index in [1.54, 1.807) is 27.1 Å². The number of nitrogens with one attached hydrogen (secondary N) is 1. The van der Waals surface area contributed by atoms with Crippen LogP contribution in [-0.4, -0.2) is 41.8 Å². The Morgan fingerprint density at radius 3 is 2.62 bits per heavy atom. The summed E-state index contributed by atoms with van der Waals surface area (Å²) in [6.07, 6.45) is 0. The Morgan fingerprint density at radius 2 is 1.95 bits per heavy atom. The van der Waals surface area contributed by atoms with Crippen molar-refractivity contribution in [2.24, 2.45) is 0 Å². The highest BCUT2D eigenvalue weighted by atomic mass is 16.2. The average Bonchev–Trinajstić information content (AvgIpc) is 2.46. The van der Waals surface area contributed by atoms with Crippen LogP contribution in [0.5, 0.6) is 0 Å². The number of fused-ring (bicyclic) bond motifs is 1. The highest BCUT2D eigenvalue weighted by Crippen LogP contribution is 2.20. The number of aromatic nitrogens is 1. The molecule has 1 unspecified atom stereocenters. The van der Waals surface area contributed by atoms with Gasteiger partial charge in [0.05, 0.1) is 5.52 Å². The van der Waals surface area contributed by atoms with Crippen molar-refractivity contribution >= 4 is 28.4 Å². The van der Waals surface area contributed by atoms with Crippen LogP contribution in [0.2, 0.25) is 0 Å². The van der Waals surface area contributed by atoms with Crippen LogP contribution < -0.4 is 11.1 Å². The minimum absolute atomic E-state index is 0.183. The molecule has 0 aliphatic carbocycles. The molecule has 110 valence electrons. The van der Waals surface area contributed by atoms with E-state index >= 15 is 0 Å². The first-order valence-electron chi connectivity index (χ1n) is 6.57. The molecule has 1 heterocycles. The lowest BCUT2D eigenvalue weighted by molar-refractivity contribution is -0.130. The van der Waals surface area contributed by atoms with Gasteiger partial charge >= 0.3 is 0 Å². The van der Waals surface area contributed by atoms with E-state index in [4.69, 9.17) is 5.73 Å². The lowest BCUT2D eigenvalue weighted by atomic mass is 10.1. The Bertz CT molecular complexity index is 697. The number of hydrogen-bond donors (Lipinski definition) is 2. The van der Waals surface area contributed by atoms with Crippen molar-refractivity contribution in [3.05, 3.63) is 36.0 Å². The molecule has 0 aliphatic rings. The van der Waals surface area contributed by atoms with Crippen molar-refractivity contribution < 1.29 is 9.59 Å². The molecule has 3 N–H and O–H groups in total. The van der Waals surface area contributed by atoms with E-state index in [2.05, 4.69) is 10.3 Å². The first kappa shape index (κ1) is 14.8. The predicted octanol–water partition coefficient (Wildman–Crippen LogP) is 1.02. The fourth-order valence-corrected chi connectivity index (χ4v) is 2.04. The molecule has 1 aromatic heterocycles. The zero-order valence-electron chi connectivity index (χ0n) is 12.3. The monoisotopic (exact) mass is 286 g/mol. The maximum atomic E-state index is 12.2. The van der Waals surface area contributed by atoms with E-state index in [1.807, 2.05) is 18.2 Å². The van der Waals surface area contributed by atoms with Crippen molar-refractivity contribution in [1.82, 2.24) is 15.2 Å². The zero-order chi connectivity index (χ0) is 15.6. The summed E-state index contributed by atoms with van der Waals surface area (Å²) in [5.74, 6) is -0.604. The van der Waals surface area contributed by atoms with Crippen molar-refractivity contribution in [3.63, 3.8) is 0 Å². The molecular formula is C15H18N4O2. The second-order valence-electron chi connectivity index (χ2n) is 5.04. The van der Waals surface area contributed by atoms with Crippen molar-refractivity contribution in [2.45, 2.75) is 13.0 Å². The van der Waals surface area contributed by atoms with E-state index in [9.17, 15) is 9.59 Å². The summed E-state index contributed by atoms with van der Waals surface area (Å²) in [6.45, 7) is 1.63. The Kier molecular flexibility index (Phi) is 4.07. The number of nitrogen functional groups attached to an aromatic ring is 1. The zero-order valence-corrected chi connectivity index (χ0v) is 12.3. The molecule has 6 heteroatoms. The van der Waals surface area contributed by atoms with Crippen LogP contribution in [0.4, 0.5) is 5.69 Å². The summed E-state index contributed by atoms with van der Waals surface area (Å²) >= 11 is 0. The fourth-order valence-electron chi connectivity index (χ4n) is 2.04. The van der Waals surface area contributed by atoms with E-state index in [-0.39, 0.29) is 11.6 Å². The topological polar surface area (TPSA) is 88.3 Å². The molecule has 0 fully saturated rings. The summed E-state index contributed by atoms with van der Waals surface area (Å²) in [4.78, 5) is 29.6. The number of carbonyl (C=O) groups is 2. The van der Waals surface area contributed by atoms with Crippen LogP contribution in [0.1, 0.15) is 17.4 Å². The molecule has 0 aliphatic heterocycles. The van der Waals surface area contributed by atoms with Gasteiger partial charge in [-0.05, 0) is 19.1 Å². The van der Waals surface area contributed by atoms with E-state index < -0.39 is 11.9 Å². The number of carbonyl (C=O) groups excluding carboxylic acids is 2. The number of likely N-dealkylation sites (N-methyl/N-ethyl adjacent to an activating group) is 1. The summed E-state index contributed by atoms with van der Waals surface area (Å²) in [5.41, 5.74) is 7.27. The van der Waals surface area contributed by atoms with Crippen molar-refractivity contribution in [1.29, 1.82) is 0 Å². The molecule has 1 aromatic carbocycles. The number of anilines is 1. The number of benzene rings is 1. The number of para-hydroxylation sites is 1. The minimum Gasteiger partial charge on any atom is -0.398 e. The first-order valence-corrected chi connectivity index (χ1v) is 6.57. The second kappa shape index (κ2) is 5.78. The molecule has 0 saturated carbocycles. The van der Waals surface area contributed by atoms with Crippen LogP contribution in [0.15, 0.2) is 30.3 Å². The predicted molar refractivity (Wildman–Crippen MR) is 81.8 cm³/mol. The quantitative estimate of drug-likeness (QED) is 0.882. The van der Waals surface area contributed by atoms with Crippen LogP contribution in [-0.2, 0) is 4.79 Å². The van der Waals surface area contributed by atoms with Crippen molar-refractivity contribution in [3.8, 4) is 0 Å². The highest BCUT2D eigenvalue weighted by Gasteiger charge is 2.19.